The molecule has 4 rings (SSSR count). The fourth-order valence-electron chi connectivity index (χ4n) is 4.86. The first-order valence-corrected chi connectivity index (χ1v) is 10.4. The third-order valence-electron chi connectivity index (χ3n) is 6.94. The third-order valence-corrected chi connectivity index (χ3v) is 6.94. The molecule has 2 aromatic rings. The van der Waals surface area contributed by atoms with E-state index in [0.717, 1.165) is 48.7 Å². The average Bonchev–Trinajstić information content (AvgIpc) is 3.07. The van der Waals surface area contributed by atoms with Gasteiger partial charge in [0.2, 0.25) is 0 Å². The Labute approximate surface area is 167 Å². The van der Waals surface area contributed by atoms with Crippen molar-refractivity contribution in [2.45, 2.75) is 64.1 Å². The summed E-state index contributed by atoms with van der Waals surface area (Å²) in [5.41, 5.74) is 2.21. The third kappa shape index (κ3) is 3.50. The first kappa shape index (κ1) is 19.2. The molecule has 152 valence electrons. The van der Waals surface area contributed by atoms with Crippen molar-refractivity contribution in [2.24, 2.45) is 5.92 Å². The van der Waals surface area contributed by atoms with Crippen molar-refractivity contribution in [2.75, 3.05) is 20.1 Å². The van der Waals surface area contributed by atoms with Crippen LogP contribution in [0, 0.1) is 5.92 Å². The van der Waals surface area contributed by atoms with E-state index in [1.165, 1.54) is 0 Å². The summed E-state index contributed by atoms with van der Waals surface area (Å²) in [7, 11) is 2.20. The number of carboxylic acid groups (broad SMARTS) is 1. The summed E-state index contributed by atoms with van der Waals surface area (Å²) >= 11 is 0. The number of rotatable bonds is 2. The first-order chi connectivity index (χ1) is 13.2. The predicted molar refractivity (Wildman–Crippen MR) is 111 cm³/mol. The van der Waals surface area contributed by atoms with Crippen LogP contribution in [0.15, 0.2) is 24.4 Å². The minimum absolute atomic E-state index is 0.0643. The lowest BCUT2D eigenvalue weighted by Crippen LogP contribution is -2.47. The standard InChI is InChI=1S/C22H32N4O2/c1-15-5-8-20(25(13-15)21(27)28)16-6-7-17-14-26(23-19(17)11-16)18-9-10-24(4)22(2,3)12-18/h6-7,11,14-15,18,20H,5,8-10,12-13H2,1-4H3,(H,27,28)/t15-,18+,20+/m0/s1. The molecular formula is C22H32N4O2. The molecule has 3 atom stereocenters. The van der Waals surface area contributed by atoms with Crippen LogP contribution in [0.4, 0.5) is 4.79 Å². The van der Waals surface area contributed by atoms with Gasteiger partial charge in [0.05, 0.1) is 17.6 Å². The van der Waals surface area contributed by atoms with Gasteiger partial charge < -0.3 is 14.9 Å². The SMILES string of the molecule is C[C@H]1CC[C@H](c2ccc3cn([C@@H]4CCN(C)C(C)(C)C4)nc3c2)N(C(=O)O)C1. The van der Waals surface area contributed by atoms with Gasteiger partial charge in [-0.15, -0.1) is 0 Å². The van der Waals surface area contributed by atoms with Crippen molar-refractivity contribution in [1.82, 2.24) is 19.6 Å². The predicted octanol–water partition coefficient (Wildman–Crippen LogP) is 4.53. The normalized spacial score (nSPS) is 28.6. The monoisotopic (exact) mass is 384 g/mol. The molecule has 1 aromatic heterocycles. The van der Waals surface area contributed by atoms with Gasteiger partial charge >= 0.3 is 6.09 Å². The summed E-state index contributed by atoms with van der Waals surface area (Å²) in [6.07, 6.45) is 5.46. The highest BCUT2D eigenvalue weighted by Crippen LogP contribution is 2.36. The van der Waals surface area contributed by atoms with E-state index in [-0.39, 0.29) is 11.6 Å². The number of piperidine rings is 2. The average molecular weight is 385 g/mol. The summed E-state index contributed by atoms with van der Waals surface area (Å²) in [6.45, 7) is 8.40. The molecule has 0 unspecified atom stereocenters. The molecule has 6 heteroatoms. The molecule has 1 N–H and O–H groups in total. The number of benzene rings is 1. The Morgan fingerprint density at radius 1 is 1.25 bits per heavy atom. The topological polar surface area (TPSA) is 61.6 Å². The molecular weight excluding hydrogens is 352 g/mol. The molecule has 2 aliphatic heterocycles. The van der Waals surface area contributed by atoms with Crippen molar-refractivity contribution < 1.29 is 9.90 Å². The highest BCUT2D eigenvalue weighted by Gasteiger charge is 2.34. The van der Waals surface area contributed by atoms with Crippen LogP contribution >= 0.6 is 0 Å². The number of likely N-dealkylation sites (tertiary alicyclic amines) is 2. The van der Waals surface area contributed by atoms with Crippen LogP contribution in [-0.2, 0) is 0 Å². The van der Waals surface area contributed by atoms with Crippen LogP contribution < -0.4 is 0 Å². The van der Waals surface area contributed by atoms with Crippen molar-refractivity contribution in [3.8, 4) is 0 Å². The maximum absolute atomic E-state index is 11.7. The molecule has 0 radical (unpaired) electrons. The van der Waals surface area contributed by atoms with E-state index in [1.54, 1.807) is 4.90 Å². The van der Waals surface area contributed by atoms with E-state index >= 15 is 0 Å². The zero-order valence-electron chi connectivity index (χ0n) is 17.4. The Kier molecular flexibility index (Phi) is 4.86. The van der Waals surface area contributed by atoms with Crippen molar-refractivity contribution in [1.29, 1.82) is 0 Å². The van der Waals surface area contributed by atoms with Crippen molar-refractivity contribution in [3.05, 3.63) is 30.0 Å². The van der Waals surface area contributed by atoms with Crippen LogP contribution in [0.3, 0.4) is 0 Å². The fraction of sp³-hybridized carbons (Fsp3) is 0.636. The van der Waals surface area contributed by atoms with Gasteiger partial charge in [-0.25, -0.2) is 4.79 Å². The molecule has 2 aliphatic rings. The van der Waals surface area contributed by atoms with Gasteiger partial charge in [0.25, 0.3) is 0 Å². The second-order valence-corrected chi connectivity index (χ2v) is 9.44. The summed E-state index contributed by atoms with van der Waals surface area (Å²) in [4.78, 5) is 15.8. The van der Waals surface area contributed by atoms with Crippen LogP contribution in [0.1, 0.15) is 64.1 Å². The van der Waals surface area contributed by atoms with E-state index in [4.69, 9.17) is 5.10 Å². The Morgan fingerprint density at radius 2 is 2.04 bits per heavy atom. The smallest absolute Gasteiger partial charge is 0.407 e. The zero-order chi connectivity index (χ0) is 20.1. The molecule has 0 saturated carbocycles. The Balaban J connectivity index is 1.61. The largest absolute Gasteiger partial charge is 0.465 e. The fourth-order valence-corrected chi connectivity index (χ4v) is 4.86. The molecule has 0 bridgehead atoms. The van der Waals surface area contributed by atoms with E-state index in [9.17, 15) is 9.90 Å². The highest BCUT2D eigenvalue weighted by molar-refractivity contribution is 5.79. The maximum atomic E-state index is 11.7. The molecule has 1 amide bonds. The zero-order valence-corrected chi connectivity index (χ0v) is 17.4. The van der Waals surface area contributed by atoms with Gasteiger partial charge in [0.15, 0.2) is 0 Å². The molecule has 1 aromatic carbocycles. The maximum Gasteiger partial charge on any atom is 0.407 e. The Bertz CT molecular complexity index is 875. The number of nitrogens with zero attached hydrogens (tertiary/aromatic N) is 4. The first-order valence-electron chi connectivity index (χ1n) is 10.4. The van der Waals surface area contributed by atoms with Crippen LogP contribution in [0.2, 0.25) is 0 Å². The number of hydrogen-bond donors (Lipinski definition) is 1. The number of hydrogen-bond acceptors (Lipinski definition) is 3. The van der Waals surface area contributed by atoms with Crippen LogP contribution in [0.5, 0.6) is 0 Å². The van der Waals surface area contributed by atoms with Crippen molar-refractivity contribution in [3.63, 3.8) is 0 Å². The van der Waals surface area contributed by atoms with Gasteiger partial charge in [-0.05, 0) is 64.1 Å². The summed E-state index contributed by atoms with van der Waals surface area (Å²) in [5, 5.41) is 15.7. The van der Waals surface area contributed by atoms with E-state index in [2.05, 4.69) is 61.8 Å². The Morgan fingerprint density at radius 3 is 2.75 bits per heavy atom. The van der Waals surface area contributed by atoms with E-state index in [0.29, 0.717) is 18.5 Å². The second kappa shape index (κ2) is 7.07. The lowest BCUT2D eigenvalue weighted by Gasteiger charge is -2.43. The molecule has 2 saturated heterocycles. The van der Waals surface area contributed by atoms with Crippen molar-refractivity contribution >= 4 is 17.0 Å². The van der Waals surface area contributed by atoms with Gasteiger partial charge in [-0.2, -0.15) is 5.10 Å². The quantitative estimate of drug-likeness (QED) is 0.826. The lowest BCUT2D eigenvalue weighted by atomic mass is 9.87. The summed E-state index contributed by atoms with van der Waals surface area (Å²) in [6, 6.07) is 6.64. The summed E-state index contributed by atoms with van der Waals surface area (Å²) < 4.78 is 2.14. The minimum atomic E-state index is -0.823. The van der Waals surface area contributed by atoms with Gasteiger partial charge in [-0.1, -0.05) is 19.1 Å². The molecule has 6 nitrogen and oxygen atoms in total. The number of fused-ring (bicyclic) bond motifs is 1. The molecule has 3 heterocycles. The molecule has 0 spiro atoms. The Hall–Kier alpha value is -2.08. The van der Waals surface area contributed by atoms with E-state index in [1.807, 2.05) is 0 Å². The molecule has 28 heavy (non-hydrogen) atoms. The number of amides is 1. The highest BCUT2D eigenvalue weighted by atomic mass is 16.4. The number of aromatic nitrogens is 2. The summed E-state index contributed by atoms with van der Waals surface area (Å²) in [5.74, 6) is 0.420. The van der Waals surface area contributed by atoms with Crippen LogP contribution in [0.25, 0.3) is 10.9 Å². The van der Waals surface area contributed by atoms with Gasteiger partial charge in [0, 0.05) is 30.2 Å². The minimum Gasteiger partial charge on any atom is -0.465 e. The second-order valence-electron chi connectivity index (χ2n) is 9.44. The van der Waals surface area contributed by atoms with Gasteiger partial charge in [0.1, 0.15) is 0 Å². The molecule has 2 fully saturated rings. The lowest BCUT2D eigenvalue weighted by molar-refractivity contribution is 0.0721. The van der Waals surface area contributed by atoms with Gasteiger partial charge in [-0.3, -0.25) is 4.68 Å². The number of carbonyl (C=O) groups is 1. The molecule has 0 aliphatic carbocycles. The van der Waals surface area contributed by atoms with Crippen LogP contribution in [-0.4, -0.2) is 56.5 Å². The van der Waals surface area contributed by atoms with E-state index < -0.39 is 6.09 Å².